The first-order valence-corrected chi connectivity index (χ1v) is 30.7. The molecule has 15 nitrogen and oxygen atoms in total. The van der Waals surface area contributed by atoms with Gasteiger partial charge < -0.3 is 47.8 Å². The van der Waals surface area contributed by atoms with Crippen LogP contribution in [0.1, 0.15) is 139 Å². The summed E-state index contributed by atoms with van der Waals surface area (Å²) in [6, 6.07) is 8.88. The summed E-state index contributed by atoms with van der Waals surface area (Å²) >= 11 is 0. The first kappa shape index (κ1) is 60.4. The molecular weight excluding hydrogens is 971 g/mol. The Morgan fingerprint density at radius 2 is 1.59 bits per heavy atom. The number of ketones is 2. The number of carbonyl (C=O) groups excluding carboxylic acids is 4. The standard InChI is InChI=1S/C59H91N3O12Si/c1-15-42-28-36(2)27-37(3)29-50(69-11)54-51(70-12)31-39(5)59(67,73-54)55(64)56(65)62-26-20-19-23-45(62)57(66)72-53(40(6)48(33-46(42)63)74-75(13,14)58(7,8)9)38(4)30-41-24-25-47(49(32-41)68-10)71-35-52-60-34-44(61-52)43-21-17-16-18-22-43/h16-18,21-22,28,30,34,37,39-42,45,47-51,53-54,67H,15,19-20,23-27,29,31-33,35H2,1-14H3,(H,60,61)/b36-28+,38-30?. The van der Waals surface area contributed by atoms with Crippen molar-refractivity contribution < 1.29 is 57.1 Å². The zero-order valence-corrected chi connectivity index (χ0v) is 48.6. The molecule has 1 aromatic heterocycles. The quantitative estimate of drug-likeness (QED) is 0.0887. The number of aromatic amines is 1. The molecule has 16 heteroatoms. The van der Waals surface area contributed by atoms with Crippen LogP contribution in [0.25, 0.3) is 11.3 Å². The van der Waals surface area contributed by atoms with E-state index in [2.05, 4.69) is 57.9 Å². The van der Waals surface area contributed by atoms with Gasteiger partial charge in [-0.3, -0.25) is 14.4 Å². The van der Waals surface area contributed by atoms with E-state index in [1.807, 2.05) is 64.2 Å². The monoisotopic (exact) mass is 1060 g/mol. The van der Waals surface area contributed by atoms with E-state index >= 15 is 4.79 Å². The summed E-state index contributed by atoms with van der Waals surface area (Å²) in [5, 5.41) is 12.1. The molecule has 75 heavy (non-hydrogen) atoms. The van der Waals surface area contributed by atoms with Crippen LogP contribution in [-0.2, 0) is 58.6 Å². The molecule has 1 amide bonds. The molecule has 0 radical (unpaired) electrons. The van der Waals surface area contributed by atoms with Crippen LogP contribution in [0.3, 0.4) is 0 Å². The molecule has 0 spiro atoms. The van der Waals surface area contributed by atoms with E-state index in [4.69, 9.17) is 37.8 Å². The van der Waals surface area contributed by atoms with Gasteiger partial charge >= 0.3 is 5.97 Å². The maximum Gasteiger partial charge on any atom is 0.329 e. The summed E-state index contributed by atoms with van der Waals surface area (Å²) in [4.78, 5) is 68.4. The summed E-state index contributed by atoms with van der Waals surface area (Å²) in [6.45, 7) is 23.1. The minimum absolute atomic E-state index is 0.0309. The van der Waals surface area contributed by atoms with Crippen molar-refractivity contribution in [1.29, 1.82) is 0 Å². The molecule has 4 aliphatic rings. The van der Waals surface area contributed by atoms with E-state index in [0.29, 0.717) is 45.1 Å². The topological polar surface area (TPSA) is 185 Å². The van der Waals surface area contributed by atoms with Gasteiger partial charge in [0, 0.05) is 63.8 Å². The highest BCUT2D eigenvalue weighted by Gasteiger charge is 2.57. The number of allylic oxidation sites excluding steroid dienone is 3. The number of piperidine rings is 1. The fourth-order valence-corrected chi connectivity index (χ4v) is 13.0. The number of ether oxygens (including phenoxy) is 6. The number of rotatable bonds is 12. The first-order chi connectivity index (χ1) is 35.4. The lowest BCUT2D eigenvalue weighted by Gasteiger charge is -2.47. The molecule has 1 aliphatic carbocycles. The van der Waals surface area contributed by atoms with Crippen LogP contribution >= 0.6 is 0 Å². The van der Waals surface area contributed by atoms with E-state index in [1.165, 1.54) is 4.90 Å². The predicted molar refractivity (Wildman–Crippen MR) is 291 cm³/mol. The molecule has 14 atom stereocenters. The van der Waals surface area contributed by atoms with Gasteiger partial charge in [0.1, 0.15) is 36.5 Å². The minimum Gasteiger partial charge on any atom is -0.456 e. The summed E-state index contributed by atoms with van der Waals surface area (Å²) < 4.78 is 44.9. The zero-order chi connectivity index (χ0) is 55.0. The Bertz CT molecular complexity index is 2290. The van der Waals surface area contributed by atoms with E-state index in [1.54, 1.807) is 28.3 Å². The van der Waals surface area contributed by atoms with Crippen molar-refractivity contribution in [3.8, 4) is 11.3 Å². The summed E-state index contributed by atoms with van der Waals surface area (Å²) in [7, 11) is 2.26. The SMILES string of the molecule is CCC1/C=C(\C)CC(C)CC(OC)C2OC(O)(C(=O)C(=O)N3CCCCC3C(=O)OC(C(C)=CC3CCC(OCc4nc(-c5ccccc5)c[nH]4)C(OC)C3)C(C)C(O[Si](C)(C)C(C)(C)C)CC1=O)C(C)CC2OC. The second-order valence-electron chi connectivity index (χ2n) is 23.9. The summed E-state index contributed by atoms with van der Waals surface area (Å²) in [5.74, 6) is -6.19. The number of aromatic nitrogens is 2. The van der Waals surface area contributed by atoms with E-state index < -0.39 is 80.2 Å². The molecule has 3 fully saturated rings. The third-order valence-corrected chi connectivity index (χ3v) is 21.7. The number of H-pyrrole nitrogens is 1. The zero-order valence-electron chi connectivity index (χ0n) is 47.6. The third kappa shape index (κ3) is 14.6. The predicted octanol–water partition coefficient (Wildman–Crippen LogP) is 10.1. The number of aliphatic hydroxyl groups is 1. The van der Waals surface area contributed by atoms with Crippen molar-refractivity contribution in [1.82, 2.24) is 14.9 Å². The number of nitrogens with zero attached hydrogens (tertiary/aromatic N) is 2. The number of amides is 1. The molecule has 418 valence electrons. The maximum absolute atomic E-state index is 15.1. The van der Waals surface area contributed by atoms with Crippen LogP contribution in [0.5, 0.6) is 0 Å². The van der Waals surface area contributed by atoms with Crippen LogP contribution < -0.4 is 0 Å². The highest BCUT2D eigenvalue weighted by molar-refractivity contribution is 6.74. The highest BCUT2D eigenvalue weighted by Crippen LogP contribution is 2.42. The van der Waals surface area contributed by atoms with E-state index in [9.17, 15) is 19.5 Å². The third-order valence-electron chi connectivity index (χ3n) is 17.2. The lowest BCUT2D eigenvalue weighted by atomic mass is 9.81. The molecule has 2 saturated heterocycles. The Morgan fingerprint density at radius 3 is 2.24 bits per heavy atom. The van der Waals surface area contributed by atoms with Crippen molar-refractivity contribution in [3.05, 3.63) is 65.7 Å². The second-order valence-corrected chi connectivity index (χ2v) is 28.6. The van der Waals surface area contributed by atoms with Crippen molar-refractivity contribution in [2.45, 2.75) is 212 Å². The molecule has 2 N–H and O–H groups in total. The van der Waals surface area contributed by atoms with Gasteiger partial charge in [-0.15, -0.1) is 0 Å². The van der Waals surface area contributed by atoms with E-state index in [0.717, 1.165) is 41.1 Å². The highest BCUT2D eigenvalue weighted by atomic mass is 28.4. The van der Waals surface area contributed by atoms with Crippen molar-refractivity contribution in [2.75, 3.05) is 27.9 Å². The molecule has 1 saturated carbocycles. The second kappa shape index (κ2) is 26.2. The number of cyclic esters (lactones) is 1. The van der Waals surface area contributed by atoms with Gasteiger partial charge in [-0.1, -0.05) is 96.5 Å². The molecule has 14 unspecified atom stereocenters. The molecule has 4 heterocycles. The number of methoxy groups -OCH3 is 3. The van der Waals surface area contributed by atoms with Gasteiger partial charge in [0.25, 0.3) is 11.7 Å². The maximum atomic E-state index is 15.1. The van der Waals surface area contributed by atoms with Gasteiger partial charge in [0.2, 0.25) is 5.79 Å². The Hall–Kier alpha value is -3.87. The normalized spacial score (nSPS) is 34.5. The smallest absolute Gasteiger partial charge is 0.329 e. The van der Waals surface area contributed by atoms with Gasteiger partial charge in [0.05, 0.1) is 36.2 Å². The summed E-state index contributed by atoms with van der Waals surface area (Å²) in [6.07, 6.45) is 7.82. The van der Waals surface area contributed by atoms with Gasteiger partial charge in [-0.2, -0.15) is 0 Å². The van der Waals surface area contributed by atoms with Crippen molar-refractivity contribution in [2.24, 2.45) is 29.6 Å². The molecular formula is C59H91N3O12Si. The average molecular weight is 1060 g/mol. The van der Waals surface area contributed by atoms with Crippen LogP contribution in [0.2, 0.25) is 18.1 Å². The minimum atomic E-state index is -2.56. The lowest BCUT2D eigenvalue weighted by molar-refractivity contribution is -0.302. The number of carbonyl (C=O) groups is 4. The van der Waals surface area contributed by atoms with Gasteiger partial charge in [0.15, 0.2) is 8.32 Å². The fourth-order valence-electron chi connectivity index (χ4n) is 11.6. The van der Waals surface area contributed by atoms with Crippen LogP contribution in [0.15, 0.2) is 59.8 Å². The average Bonchev–Trinajstić information content (AvgIpc) is 3.86. The number of imidazole rings is 1. The Morgan fingerprint density at radius 1 is 0.907 bits per heavy atom. The fraction of sp³-hybridized carbons (Fsp3) is 0.712. The van der Waals surface area contributed by atoms with Gasteiger partial charge in [-0.25, -0.2) is 9.78 Å². The van der Waals surface area contributed by atoms with Crippen molar-refractivity contribution in [3.63, 3.8) is 0 Å². The first-order valence-electron chi connectivity index (χ1n) is 27.8. The largest absolute Gasteiger partial charge is 0.456 e. The number of nitrogens with one attached hydrogen (secondary N) is 1. The Kier molecular flexibility index (Phi) is 21.1. The molecule has 3 aliphatic heterocycles. The van der Waals surface area contributed by atoms with Crippen LogP contribution in [0, 0.1) is 29.6 Å². The number of Topliss-reactive ketones (excluding diaryl/α,β-unsaturated/α-hetero) is 2. The number of hydrogen-bond acceptors (Lipinski definition) is 13. The number of esters is 1. The van der Waals surface area contributed by atoms with Gasteiger partial charge in [-0.05, 0) is 114 Å². The van der Waals surface area contributed by atoms with E-state index in [-0.39, 0.29) is 66.6 Å². The Labute approximate surface area is 448 Å². The number of benzene rings is 1. The Balaban J connectivity index is 1.36. The molecule has 1 aromatic carbocycles. The lowest BCUT2D eigenvalue weighted by Crippen LogP contribution is -2.64. The number of fused-ring (bicyclic) bond motifs is 3. The number of hydrogen-bond donors (Lipinski definition) is 2. The molecule has 2 aromatic rings. The van der Waals surface area contributed by atoms with Crippen LogP contribution in [0.4, 0.5) is 0 Å². The molecule has 2 bridgehead atoms. The molecule has 6 rings (SSSR count). The summed E-state index contributed by atoms with van der Waals surface area (Å²) in [5.41, 5.74) is 3.71. The van der Waals surface area contributed by atoms with Crippen LogP contribution in [-0.4, -0.2) is 134 Å². The van der Waals surface area contributed by atoms with Crippen molar-refractivity contribution >= 4 is 31.8 Å².